The van der Waals surface area contributed by atoms with Gasteiger partial charge in [-0.25, -0.2) is 15.0 Å². The van der Waals surface area contributed by atoms with Crippen LogP contribution in [0.3, 0.4) is 0 Å². The van der Waals surface area contributed by atoms with Gasteiger partial charge in [0.15, 0.2) is 17.5 Å². The molecule has 0 aliphatic heterocycles. The van der Waals surface area contributed by atoms with E-state index < -0.39 is 0 Å². The Morgan fingerprint density at radius 2 is 0.885 bits per heavy atom. The highest BCUT2D eigenvalue weighted by molar-refractivity contribution is 6.18. The number of hydrogen-bond donors (Lipinski definition) is 0. The summed E-state index contributed by atoms with van der Waals surface area (Å²) in [6.45, 7) is 0. The zero-order valence-corrected chi connectivity index (χ0v) is 28.1. The molecule has 0 saturated carbocycles. The summed E-state index contributed by atoms with van der Waals surface area (Å²) in [6.07, 6.45) is 2.18. The lowest BCUT2D eigenvalue weighted by Crippen LogP contribution is -2.01. The fraction of sp³-hybridized carbons (Fsp3) is 0. The van der Waals surface area contributed by atoms with Crippen molar-refractivity contribution in [1.29, 1.82) is 0 Å². The van der Waals surface area contributed by atoms with Gasteiger partial charge in [0.25, 0.3) is 0 Å². The maximum Gasteiger partial charge on any atom is 0.164 e. The van der Waals surface area contributed by atoms with Crippen molar-refractivity contribution in [2.24, 2.45) is 0 Å². The minimum Gasteiger partial charge on any atom is -0.314 e. The second-order valence-corrected chi connectivity index (χ2v) is 12.9. The molecule has 244 valence electrons. The average molecular weight is 666 g/mol. The van der Waals surface area contributed by atoms with E-state index in [-0.39, 0.29) is 0 Å². The van der Waals surface area contributed by atoms with Crippen LogP contribution in [0.15, 0.2) is 188 Å². The van der Waals surface area contributed by atoms with E-state index in [2.05, 4.69) is 136 Å². The van der Waals surface area contributed by atoms with Gasteiger partial charge in [0.1, 0.15) is 0 Å². The molecule has 4 aromatic heterocycles. The normalized spacial score (nSPS) is 11.5. The van der Waals surface area contributed by atoms with Crippen LogP contribution in [0.5, 0.6) is 0 Å². The molecule has 0 unspecified atom stereocenters. The molecule has 4 heterocycles. The summed E-state index contributed by atoms with van der Waals surface area (Å²) in [4.78, 5) is 15.0. The van der Waals surface area contributed by atoms with Crippen molar-refractivity contribution >= 4 is 27.5 Å². The molecule has 5 nitrogen and oxygen atoms in total. The molecule has 0 fully saturated rings. The predicted octanol–water partition coefficient (Wildman–Crippen LogP) is 11.6. The third kappa shape index (κ3) is 4.98. The van der Waals surface area contributed by atoms with Crippen molar-refractivity contribution in [3.63, 3.8) is 0 Å². The molecular formula is C47H31N5. The van der Waals surface area contributed by atoms with Crippen molar-refractivity contribution in [1.82, 2.24) is 23.9 Å². The number of benzene rings is 6. The Hall–Kier alpha value is -7.11. The smallest absolute Gasteiger partial charge is 0.164 e. The summed E-state index contributed by atoms with van der Waals surface area (Å²) in [5.74, 6) is 1.91. The van der Waals surface area contributed by atoms with Crippen molar-refractivity contribution in [3.8, 4) is 62.1 Å². The monoisotopic (exact) mass is 665 g/mol. The summed E-state index contributed by atoms with van der Waals surface area (Å²) in [5.41, 5.74) is 13.2. The number of hydrogen-bond acceptors (Lipinski definition) is 3. The number of nitrogens with zero attached hydrogens (tertiary/aromatic N) is 5. The Morgan fingerprint density at radius 3 is 1.52 bits per heavy atom. The first kappa shape index (κ1) is 29.8. The van der Waals surface area contributed by atoms with Gasteiger partial charge in [-0.1, -0.05) is 146 Å². The molecule has 0 radical (unpaired) electrons. The van der Waals surface area contributed by atoms with E-state index in [1.807, 2.05) is 60.7 Å². The Kier molecular flexibility index (Phi) is 7.07. The lowest BCUT2D eigenvalue weighted by atomic mass is 10.0. The van der Waals surface area contributed by atoms with Gasteiger partial charge in [0.05, 0.1) is 22.1 Å². The minimum absolute atomic E-state index is 0.624. The molecule has 6 aromatic carbocycles. The summed E-state index contributed by atoms with van der Waals surface area (Å²) < 4.78 is 4.76. The molecule has 5 heteroatoms. The zero-order valence-electron chi connectivity index (χ0n) is 28.1. The van der Waals surface area contributed by atoms with Crippen molar-refractivity contribution < 1.29 is 0 Å². The molecule has 0 atom stereocenters. The van der Waals surface area contributed by atoms with Crippen LogP contribution >= 0.6 is 0 Å². The molecule has 10 aromatic rings. The van der Waals surface area contributed by atoms with E-state index in [1.165, 1.54) is 33.2 Å². The third-order valence-corrected chi connectivity index (χ3v) is 9.77. The van der Waals surface area contributed by atoms with Crippen molar-refractivity contribution in [2.75, 3.05) is 0 Å². The topological polar surface area (TPSA) is 48.0 Å². The average Bonchev–Trinajstić information content (AvgIpc) is 3.74. The van der Waals surface area contributed by atoms with Gasteiger partial charge in [-0.15, -0.1) is 0 Å². The molecule has 52 heavy (non-hydrogen) atoms. The predicted molar refractivity (Wildman–Crippen MR) is 212 cm³/mol. The Labute approximate surface area is 300 Å². The number of aromatic nitrogens is 5. The van der Waals surface area contributed by atoms with Crippen LogP contribution in [-0.2, 0) is 0 Å². The van der Waals surface area contributed by atoms with Crippen LogP contribution in [-0.4, -0.2) is 23.9 Å². The zero-order chi connectivity index (χ0) is 34.4. The van der Waals surface area contributed by atoms with Gasteiger partial charge in [0.2, 0.25) is 0 Å². The molecule has 0 saturated heterocycles. The van der Waals surface area contributed by atoms with E-state index in [9.17, 15) is 0 Å². The number of pyridine rings is 1. The minimum atomic E-state index is 0.624. The van der Waals surface area contributed by atoms with E-state index >= 15 is 0 Å². The maximum atomic E-state index is 5.06. The summed E-state index contributed by atoms with van der Waals surface area (Å²) >= 11 is 0. The van der Waals surface area contributed by atoms with Gasteiger partial charge in [-0.05, 0) is 53.1 Å². The van der Waals surface area contributed by atoms with Crippen LogP contribution in [0.25, 0.3) is 89.6 Å². The quantitative estimate of drug-likeness (QED) is 0.178. The number of fused-ring (bicyclic) bond motifs is 5. The van der Waals surface area contributed by atoms with Crippen molar-refractivity contribution in [3.05, 3.63) is 188 Å². The molecule has 0 amide bonds. The Balaban J connectivity index is 1.25. The van der Waals surface area contributed by atoms with Crippen LogP contribution < -0.4 is 0 Å². The van der Waals surface area contributed by atoms with Crippen molar-refractivity contribution in [2.45, 2.75) is 0 Å². The maximum absolute atomic E-state index is 5.06. The van der Waals surface area contributed by atoms with E-state index in [0.717, 1.165) is 38.9 Å². The standard InChI is InChI=1S/C47H31N5/c1-5-16-32(17-6-1)36-27-28-40-39(31-36)43-44(42(33-18-7-2-8-19-33)41-26-13-14-29-51(41)43)52(40)38-25-15-24-37(30-38)47-49-45(34-20-9-3-10-21-34)48-46(50-47)35-22-11-4-12-23-35/h1-31H. The van der Waals surface area contributed by atoms with Crippen LogP contribution in [0.2, 0.25) is 0 Å². The van der Waals surface area contributed by atoms with Gasteiger partial charge in [-0.2, -0.15) is 0 Å². The van der Waals surface area contributed by atoms with Gasteiger partial charge in [0, 0.05) is 39.5 Å². The molecule has 0 aliphatic rings. The first-order chi connectivity index (χ1) is 25.8. The van der Waals surface area contributed by atoms with Gasteiger partial charge < -0.3 is 8.97 Å². The van der Waals surface area contributed by atoms with Gasteiger partial charge >= 0.3 is 0 Å². The summed E-state index contributed by atoms with van der Waals surface area (Å²) in [7, 11) is 0. The highest BCUT2D eigenvalue weighted by Gasteiger charge is 2.24. The first-order valence-corrected chi connectivity index (χ1v) is 17.5. The SMILES string of the molecule is c1ccc(-c2ccc3c(c2)c2c(c(-c4ccccc4)c4ccccn42)n3-c2cccc(-c3nc(-c4ccccc4)nc(-c4ccccc4)n3)c2)cc1. The lowest BCUT2D eigenvalue weighted by molar-refractivity contribution is 1.07. The highest BCUT2D eigenvalue weighted by atomic mass is 15.1. The number of rotatable bonds is 6. The molecule has 0 N–H and O–H groups in total. The summed E-state index contributed by atoms with van der Waals surface area (Å²) in [5, 5.41) is 1.18. The van der Waals surface area contributed by atoms with Gasteiger partial charge in [-0.3, -0.25) is 0 Å². The highest BCUT2D eigenvalue weighted by Crippen LogP contribution is 2.43. The fourth-order valence-corrected chi connectivity index (χ4v) is 7.40. The second-order valence-electron chi connectivity index (χ2n) is 12.9. The third-order valence-electron chi connectivity index (χ3n) is 9.77. The summed E-state index contributed by atoms with van der Waals surface area (Å²) in [6, 6.07) is 63.4. The molecule has 0 spiro atoms. The van der Waals surface area contributed by atoms with Crippen LogP contribution in [0.1, 0.15) is 0 Å². The second kappa shape index (κ2) is 12.3. The first-order valence-electron chi connectivity index (χ1n) is 17.5. The molecule has 10 rings (SSSR count). The molecule has 0 bridgehead atoms. The van der Waals surface area contributed by atoms with Crippen LogP contribution in [0, 0.1) is 0 Å². The largest absolute Gasteiger partial charge is 0.314 e. The fourth-order valence-electron chi connectivity index (χ4n) is 7.40. The van der Waals surface area contributed by atoms with E-state index in [1.54, 1.807) is 0 Å². The molecular weight excluding hydrogens is 635 g/mol. The van der Waals surface area contributed by atoms with E-state index in [0.29, 0.717) is 17.5 Å². The Morgan fingerprint density at radius 1 is 0.346 bits per heavy atom. The molecule has 0 aliphatic carbocycles. The van der Waals surface area contributed by atoms with E-state index in [4.69, 9.17) is 15.0 Å². The Bertz CT molecular complexity index is 2820. The van der Waals surface area contributed by atoms with Crippen LogP contribution in [0.4, 0.5) is 0 Å². The lowest BCUT2D eigenvalue weighted by Gasteiger charge is -2.13.